The summed E-state index contributed by atoms with van der Waals surface area (Å²) in [4.78, 5) is 28.3. The van der Waals surface area contributed by atoms with Crippen LogP contribution in [-0.2, 0) is 22.3 Å². The van der Waals surface area contributed by atoms with Crippen LogP contribution >= 0.6 is 0 Å². The fourth-order valence-corrected chi connectivity index (χ4v) is 4.01. The number of carbonyl (C=O) groups is 2. The zero-order chi connectivity index (χ0) is 28.1. The van der Waals surface area contributed by atoms with Gasteiger partial charge in [-0.3, -0.25) is 5.32 Å². The number of aliphatic hydroxyl groups is 1. The van der Waals surface area contributed by atoms with Crippen LogP contribution < -0.4 is 10.6 Å². The van der Waals surface area contributed by atoms with E-state index in [9.17, 15) is 14.7 Å². The summed E-state index contributed by atoms with van der Waals surface area (Å²) in [6.07, 6.45) is 5.27. The molecular formula is C29H49N3O5. The first kappa shape index (κ1) is 32.4. The lowest BCUT2D eigenvalue weighted by Gasteiger charge is -2.27. The fourth-order valence-electron chi connectivity index (χ4n) is 4.01. The summed E-state index contributed by atoms with van der Waals surface area (Å²) in [7, 11) is 0. The van der Waals surface area contributed by atoms with Crippen molar-refractivity contribution in [1.29, 1.82) is 0 Å². The minimum absolute atomic E-state index is 0.0108. The van der Waals surface area contributed by atoms with Gasteiger partial charge in [-0.25, -0.2) is 9.59 Å². The Hall–Kier alpha value is -2.61. The van der Waals surface area contributed by atoms with Crippen molar-refractivity contribution < 1.29 is 24.2 Å². The van der Waals surface area contributed by atoms with E-state index in [1.165, 1.54) is 11.1 Å². The number of amides is 2. The lowest BCUT2D eigenvalue weighted by molar-refractivity contribution is 0.0132. The van der Waals surface area contributed by atoms with Crippen molar-refractivity contribution in [3.8, 4) is 0 Å². The maximum Gasteiger partial charge on any atom is 0.437 e. The molecule has 0 bridgehead atoms. The van der Waals surface area contributed by atoms with Gasteiger partial charge in [0.05, 0.1) is 5.60 Å². The van der Waals surface area contributed by atoms with E-state index in [-0.39, 0.29) is 5.96 Å². The molecule has 1 rings (SSSR count). The molecule has 0 saturated carbocycles. The number of hydrogen-bond donors (Lipinski definition) is 3. The van der Waals surface area contributed by atoms with Crippen LogP contribution in [0.4, 0.5) is 9.59 Å². The van der Waals surface area contributed by atoms with E-state index in [1.54, 1.807) is 41.5 Å². The summed E-state index contributed by atoms with van der Waals surface area (Å²) >= 11 is 0. The maximum atomic E-state index is 12.2. The second kappa shape index (κ2) is 15.0. The first-order valence-corrected chi connectivity index (χ1v) is 13.5. The van der Waals surface area contributed by atoms with E-state index >= 15 is 0 Å². The third-order valence-electron chi connectivity index (χ3n) is 5.45. The number of rotatable bonds is 11. The highest BCUT2D eigenvalue weighted by atomic mass is 16.6. The predicted molar refractivity (Wildman–Crippen MR) is 149 cm³/mol. The molecule has 0 spiro atoms. The summed E-state index contributed by atoms with van der Waals surface area (Å²) in [5.41, 5.74) is 0.434. The molecule has 210 valence electrons. The standard InChI is InChI=1S/C29H49N3O5/c1-9-17-29(35,18-10-2)19-16-23-14-11-13-22(21-23)15-12-20-30-24(31-25(33)36-27(3,4)5)32-26(34)37-28(6,7)8/h11,13-14,21,35H,9-10,12,15-20H2,1-8H3,(H2,30,31,32,33,34). The van der Waals surface area contributed by atoms with Gasteiger partial charge in [0.2, 0.25) is 5.96 Å². The van der Waals surface area contributed by atoms with Crippen LogP contribution in [0.5, 0.6) is 0 Å². The van der Waals surface area contributed by atoms with Gasteiger partial charge in [-0.05, 0) is 91.2 Å². The number of nitrogens with zero attached hydrogens (tertiary/aromatic N) is 1. The second-order valence-electron chi connectivity index (χ2n) is 11.6. The molecular weight excluding hydrogens is 470 g/mol. The quantitative estimate of drug-likeness (QED) is 0.180. The van der Waals surface area contributed by atoms with Crippen LogP contribution in [0.3, 0.4) is 0 Å². The highest BCUT2D eigenvalue weighted by Crippen LogP contribution is 2.25. The second-order valence-corrected chi connectivity index (χ2v) is 11.6. The van der Waals surface area contributed by atoms with Crippen LogP contribution in [0.25, 0.3) is 0 Å². The third-order valence-corrected chi connectivity index (χ3v) is 5.45. The summed E-state index contributed by atoms with van der Waals surface area (Å²) in [5, 5.41) is 16.4. The summed E-state index contributed by atoms with van der Waals surface area (Å²) in [6.45, 7) is 15.2. The first-order valence-electron chi connectivity index (χ1n) is 13.5. The van der Waals surface area contributed by atoms with E-state index in [2.05, 4.69) is 53.7 Å². The monoisotopic (exact) mass is 519 g/mol. The van der Waals surface area contributed by atoms with Gasteiger partial charge in [0.25, 0.3) is 0 Å². The van der Waals surface area contributed by atoms with Crippen molar-refractivity contribution in [3.63, 3.8) is 0 Å². The van der Waals surface area contributed by atoms with Crippen molar-refractivity contribution in [2.75, 3.05) is 6.54 Å². The molecule has 0 aliphatic heterocycles. The summed E-state index contributed by atoms with van der Waals surface area (Å²) < 4.78 is 10.5. The molecule has 0 atom stereocenters. The number of guanidine groups is 1. The molecule has 2 amide bonds. The zero-order valence-electron chi connectivity index (χ0n) is 24.2. The number of hydrogen-bond acceptors (Lipinski definition) is 5. The third kappa shape index (κ3) is 15.3. The zero-order valence-corrected chi connectivity index (χ0v) is 24.2. The predicted octanol–water partition coefficient (Wildman–Crippen LogP) is 6.29. The Morgan fingerprint density at radius 1 is 0.892 bits per heavy atom. The van der Waals surface area contributed by atoms with Gasteiger partial charge in [0.15, 0.2) is 0 Å². The molecule has 0 aliphatic carbocycles. The van der Waals surface area contributed by atoms with Gasteiger partial charge in [0.1, 0.15) is 11.2 Å². The first-order chi connectivity index (χ1) is 17.1. The Morgan fingerprint density at radius 3 is 2.00 bits per heavy atom. The topological polar surface area (TPSA) is 109 Å². The van der Waals surface area contributed by atoms with Crippen molar-refractivity contribution >= 4 is 18.1 Å². The van der Waals surface area contributed by atoms with E-state index in [1.807, 2.05) is 0 Å². The highest BCUT2D eigenvalue weighted by Gasteiger charge is 2.24. The largest absolute Gasteiger partial charge is 0.444 e. The van der Waals surface area contributed by atoms with Crippen molar-refractivity contribution in [1.82, 2.24) is 10.6 Å². The lowest BCUT2D eigenvalue weighted by Crippen LogP contribution is -2.44. The Morgan fingerprint density at radius 2 is 1.46 bits per heavy atom. The number of alkyl carbamates (subject to hydrolysis) is 1. The molecule has 8 heteroatoms. The van der Waals surface area contributed by atoms with Crippen molar-refractivity contribution in [2.45, 2.75) is 124 Å². The summed E-state index contributed by atoms with van der Waals surface area (Å²) in [5.74, 6) is -0.0108. The van der Waals surface area contributed by atoms with E-state index in [0.29, 0.717) is 6.54 Å². The van der Waals surface area contributed by atoms with Crippen LogP contribution in [-0.4, -0.2) is 46.6 Å². The Balaban J connectivity index is 2.72. The normalized spacial score (nSPS) is 12.7. The highest BCUT2D eigenvalue weighted by molar-refractivity contribution is 5.98. The minimum atomic E-state index is -0.801. The molecule has 1 aromatic rings. The van der Waals surface area contributed by atoms with Crippen LogP contribution in [0.15, 0.2) is 29.3 Å². The smallest absolute Gasteiger partial charge is 0.437 e. The maximum absolute atomic E-state index is 12.2. The number of carbonyl (C=O) groups excluding carboxylic acids is 2. The molecule has 37 heavy (non-hydrogen) atoms. The molecule has 1 aromatic carbocycles. The number of ether oxygens (including phenoxy) is 2. The number of nitrogens with one attached hydrogen (secondary N) is 2. The van der Waals surface area contributed by atoms with E-state index < -0.39 is 29.0 Å². The number of aliphatic imine (C=N–C) groups is 1. The summed E-state index contributed by atoms with van der Waals surface area (Å²) in [6, 6.07) is 8.43. The van der Waals surface area contributed by atoms with Crippen molar-refractivity contribution in [3.05, 3.63) is 35.4 Å². The fraction of sp³-hybridized carbons (Fsp3) is 0.690. The molecule has 0 radical (unpaired) electrons. The SMILES string of the molecule is CCCC(O)(CCC)CCc1cccc(CCCN/C(=N\C(=O)OC(C)(C)C)NC(=O)OC(C)(C)C)c1. The van der Waals surface area contributed by atoms with Crippen LogP contribution in [0.1, 0.15) is 105 Å². The van der Waals surface area contributed by atoms with Gasteiger partial charge in [-0.1, -0.05) is 51.0 Å². The van der Waals surface area contributed by atoms with Gasteiger partial charge in [-0.2, -0.15) is 0 Å². The number of benzene rings is 1. The Labute approximate surface area is 223 Å². The molecule has 0 unspecified atom stereocenters. The van der Waals surface area contributed by atoms with Gasteiger partial charge >= 0.3 is 12.2 Å². The molecule has 0 saturated heterocycles. The van der Waals surface area contributed by atoms with E-state index in [0.717, 1.165) is 51.4 Å². The van der Waals surface area contributed by atoms with Crippen LogP contribution in [0, 0.1) is 0 Å². The van der Waals surface area contributed by atoms with Gasteiger partial charge in [0, 0.05) is 6.54 Å². The van der Waals surface area contributed by atoms with Crippen molar-refractivity contribution in [2.24, 2.45) is 4.99 Å². The Bertz CT molecular complexity index is 878. The average molecular weight is 520 g/mol. The molecule has 0 heterocycles. The number of aryl methyl sites for hydroxylation is 2. The van der Waals surface area contributed by atoms with E-state index in [4.69, 9.17) is 9.47 Å². The molecule has 0 aliphatic rings. The molecule has 8 nitrogen and oxygen atoms in total. The van der Waals surface area contributed by atoms with Crippen LogP contribution in [0.2, 0.25) is 0 Å². The van der Waals surface area contributed by atoms with Gasteiger partial charge in [-0.15, -0.1) is 4.99 Å². The minimum Gasteiger partial charge on any atom is -0.444 e. The molecule has 0 aromatic heterocycles. The average Bonchev–Trinajstić information content (AvgIpc) is 2.73. The molecule has 0 fully saturated rings. The molecule has 3 N–H and O–H groups in total. The lowest BCUT2D eigenvalue weighted by atomic mass is 9.86. The van der Waals surface area contributed by atoms with Gasteiger partial charge < -0.3 is 19.9 Å². The Kier molecular flexibility index (Phi) is 13.1.